The maximum absolute atomic E-state index is 12.3. The summed E-state index contributed by atoms with van der Waals surface area (Å²) in [5, 5.41) is 12.4. The largest absolute Gasteiger partial charge is 0.481 e. The van der Waals surface area contributed by atoms with Gasteiger partial charge in [0.1, 0.15) is 5.02 Å². The van der Waals surface area contributed by atoms with Gasteiger partial charge in [0.25, 0.3) is 5.91 Å². The van der Waals surface area contributed by atoms with E-state index in [0.717, 1.165) is 0 Å². The standard InChI is InChI=1S/C17H23ClN2O5/c1-11(2)9-25-15-13(18)7-12(8-19-15)14(21)20-10-17(16(22)23)3-5-24-6-4-17/h7-8,11H,3-6,9-10H2,1-2H3,(H,20,21)(H,22,23). The molecule has 138 valence electrons. The van der Waals surface area contributed by atoms with Crippen LogP contribution in [0.5, 0.6) is 5.88 Å². The average Bonchev–Trinajstić information content (AvgIpc) is 2.59. The molecule has 0 aliphatic carbocycles. The van der Waals surface area contributed by atoms with Gasteiger partial charge in [-0.1, -0.05) is 25.4 Å². The monoisotopic (exact) mass is 370 g/mol. The number of carbonyl (C=O) groups is 2. The maximum Gasteiger partial charge on any atom is 0.311 e. The van der Waals surface area contributed by atoms with Crippen LogP contribution >= 0.6 is 11.6 Å². The molecule has 2 heterocycles. The Hall–Kier alpha value is -1.86. The number of amides is 1. The molecule has 1 amide bonds. The number of carbonyl (C=O) groups excluding carboxylic acids is 1. The first-order valence-electron chi connectivity index (χ1n) is 8.22. The molecule has 1 aliphatic heterocycles. The third kappa shape index (κ3) is 5.06. The molecule has 2 rings (SSSR count). The topological polar surface area (TPSA) is 97.8 Å². The Morgan fingerprint density at radius 2 is 2.12 bits per heavy atom. The average molecular weight is 371 g/mol. The summed E-state index contributed by atoms with van der Waals surface area (Å²) in [5.74, 6) is -0.743. The number of aliphatic carboxylic acids is 1. The predicted octanol–water partition coefficient (Wildman–Crippen LogP) is 2.38. The number of ether oxygens (including phenoxy) is 2. The van der Waals surface area contributed by atoms with Crippen molar-refractivity contribution in [3.63, 3.8) is 0 Å². The van der Waals surface area contributed by atoms with Crippen molar-refractivity contribution in [3.05, 3.63) is 22.8 Å². The molecule has 0 spiro atoms. The minimum atomic E-state index is -0.995. The normalized spacial score (nSPS) is 16.5. The maximum atomic E-state index is 12.3. The molecule has 1 aromatic rings. The lowest BCUT2D eigenvalue weighted by Gasteiger charge is -2.33. The first kappa shape index (κ1) is 19.5. The number of hydrogen-bond donors (Lipinski definition) is 2. The summed E-state index contributed by atoms with van der Waals surface area (Å²) in [6.45, 7) is 5.26. The SMILES string of the molecule is CC(C)COc1ncc(C(=O)NCC2(C(=O)O)CCOCC2)cc1Cl. The molecule has 1 aliphatic rings. The Morgan fingerprint density at radius 3 is 2.68 bits per heavy atom. The van der Waals surface area contributed by atoms with E-state index in [1.807, 2.05) is 13.8 Å². The van der Waals surface area contributed by atoms with Crippen LogP contribution in [0.4, 0.5) is 0 Å². The van der Waals surface area contributed by atoms with Crippen LogP contribution in [0, 0.1) is 11.3 Å². The molecule has 0 unspecified atom stereocenters. The fraction of sp³-hybridized carbons (Fsp3) is 0.588. The molecule has 0 aromatic carbocycles. The number of nitrogens with one attached hydrogen (secondary N) is 1. The molecule has 0 bridgehead atoms. The predicted molar refractivity (Wildman–Crippen MR) is 92.0 cm³/mol. The number of halogens is 1. The molecule has 1 fully saturated rings. The molecular weight excluding hydrogens is 348 g/mol. The van der Waals surface area contributed by atoms with Gasteiger partial charge in [-0.15, -0.1) is 0 Å². The summed E-state index contributed by atoms with van der Waals surface area (Å²) in [6.07, 6.45) is 2.10. The highest BCUT2D eigenvalue weighted by Gasteiger charge is 2.40. The van der Waals surface area contributed by atoms with Crippen molar-refractivity contribution in [2.24, 2.45) is 11.3 Å². The van der Waals surface area contributed by atoms with Gasteiger partial charge in [0.05, 0.1) is 17.6 Å². The number of nitrogens with zero attached hydrogens (tertiary/aromatic N) is 1. The van der Waals surface area contributed by atoms with E-state index < -0.39 is 17.3 Å². The van der Waals surface area contributed by atoms with Crippen LogP contribution in [-0.4, -0.2) is 48.3 Å². The van der Waals surface area contributed by atoms with Crippen LogP contribution in [0.15, 0.2) is 12.3 Å². The van der Waals surface area contributed by atoms with Crippen LogP contribution < -0.4 is 10.1 Å². The van der Waals surface area contributed by atoms with E-state index in [0.29, 0.717) is 38.6 Å². The zero-order chi connectivity index (χ0) is 18.4. The molecule has 25 heavy (non-hydrogen) atoms. The number of carboxylic acids is 1. The van der Waals surface area contributed by atoms with Gasteiger partial charge in [-0.25, -0.2) is 4.98 Å². The summed E-state index contributed by atoms with van der Waals surface area (Å²) in [5.41, 5.74) is -0.736. The first-order valence-corrected chi connectivity index (χ1v) is 8.59. The Morgan fingerprint density at radius 1 is 1.44 bits per heavy atom. The van der Waals surface area contributed by atoms with Crippen LogP contribution in [0.2, 0.25) is 5.02 Å². The molecular formula is C17H23ClN2O5. The second-order valence-corrected chi connectivity index (χ2v) is 7.00. The lowest BCUT2D eigenvalue weighted by Crippen LogP contribution is -2.46. The Bertz CT molecular complexity index is 629. The summed E-state index contributed by atoms with van der Waals surface area (Å²) in [4.78, 5) is 28.0. The molecule has 0 saturated carbocycles. The molecule has 0 atom stereocenters. The van der Waals surface area contributed by atoms with Gasteiger partial charge in [0.15, 0.2) is 0 Å². The van der Waals surface area contributed by atoms with Crippen LogP contribution in [0.1, 0.15) is 37.0 Å². The Kier molecular flexibility index (Phi) is 6.61. The minimum Gasteiger partial charge on any atom is -0.481 e. The summed E-state index contributed by atoms with van der Waals surface area (Å²) in [6, 6.07) is 1.47. The van der Waals surface area contributed by atoms with Crippen molar-refractivity contribution in [2.75, 3.05) is 26.4 Å². The second kappa shape index (κ2) is 8.49. The van der Waals surface area contributed by atoms with Crippen molar-refractivity contribution in [1.29, 1.82) is 0 Å². The highest BCUT2D eigenvalue weighted by Crippen LogP contribution is 2.30. The van der Waals surface area contributed by atoms with Gasteiger partial charge >= 0.3 is 5.97 Å². The Labute approximate surface area is 151 Å². The fourth-order valence-electron chi connectivity index (χ4n) is 2.48. The van der Waals surface area contributed by atoms with Gasteiger partial charge in [0.2, 0.25) is 5.88 Å². The number of rotatable bonds is 7. The number of hydrogen-bond acceptors (Lipinski definition) is 5. The minimum absolute atomic E-state index is 0.0355. The summed E-state index contributed by atoms with van der Waals surface area (Å²) < 4.78 is 10.7. The number of aromatic nitrogens is 1. The van der Waals surface area contributed by atoms with E-state index in [4.69, 9.17) is 21.1 Å². The number of carboxylic acid groups (broad SMARTS) is 1. The van der Waals surface area contributed by atoms with Crippen molar-refractivity contribution >= 4 is 23.5 Å². The third-order valence-corrected chi connectivity index (χ3v) is 4.38. The fourth-order valence-corrected chi connectivity index (χ4v) is 2.70. The lowest BCUT2D eigenvalue weighted by molar-refractivity contribution is -0.154. The Balaban J connectivity index is 2.00. The molecule has 8 heteroatoms. The second-order valence-electron chi connectivity index (χ2n) is 6.60. The van der Waals surface area contributed by atoms with Crippen LogP contribution in [0.3, 0.4) is 0 Å². The lowest BCUT2D eigenvalue weighted by atomic mass is 9.80. The quantitative estimate of drug-likeness (QED) is 0.764. The zero-order valence-electron chi connectivity index (χ0n) is 14.4. The molecule has 0 radical (unpaired) electrons. The van der Waals surface area contributed by atoms with Gasteiger partial charge in [-0.05, 0) is 24.8 Å². The number of pyridine rings is 1. The molecule has 2 N–H and O–H groups in total. The van der Waals surface area contributed by atoms with Crippen LogP contribution in [-0.2, 0) is 9.53 Å². The van der Waals surface area contributed by atoms with Gasteiger partial charge in [0, 0.05) is 26.0 Å². The molecule has 1 saturated heterocycles. The van der Waals surface area contributed by atoms with E-state index >= 15 is 0 Å². The van der Waals surface area contributed by atoms with Crippen molar-refractivity contribution in [3.8, 4) is 5.88 Å². The van der Waals surface area contributed by atoms with Crippen molar-refractivity contribution in [1.82, 2.24) is 10.3 Å². The zero-order valence-corrected chi connectivity index (χ0v) is 15.1. The summed E-state index contributed by atoms with van der Waals surface area (Å²) in [7, 11) is 0. The van der Waals surface area contributed by atoms with E-state index in [1.54, 1.807) is 0 Å². The van der Waals surface area contributed by atoms with Gasteiger partial charge < -0.3 is 19.9 Å². The van der Waals surface area contributed by atoms with Gasteiger partial charge in [-0.2, -0.15) is 0 Å². The molecule has 7 nitrogen and oxygen atoms in total. The van der Waals surface area contributed by atoms with E-state index in [-0.39, 0.29) is 23.0 Å². The third-order valence-electron chi connectivity index (χ3n) is 4.11. The van der Waals surface area contributed by atoms with Crippen molar-refractivity contribution < 1.29 is 24.2 Å². The van der Waals surface area contributed by atoms with E-state index in [1.165, 1.54) is 12.3 Å². The van der Waals surface area contributed by atoms with E-state index in [2.05, 4.69) is 10.3 Å². The van der Waals surface area contributed by atoms with E-state index in [9.17, 15) is 14.7 Å². The smallest absolute Gasteiger partial charge is 0.311 e. The van der Waals surface area contributed by atoms with Crippen LogP contribution in [0.25, 0.3) is 0 Å². The van der Waals surface area contributed by atoms with Crippen molar-refractivity contribution in [2.45, 2.75) is 26.7 Å². The molecule has 1 aromatic heterocycles. The summed E-state index contributed by atoms with van der Waals surface area (Å²) >= 11 is 6.11. The highest BCUT2D eigenvalue weighted by atomic mass is 35.5. The van der Waals surface area contributed by atoms with Gasteiger partial charge in [-0.3, -0.25) is 9.59 Å². The highest BCUT2D eigenvalue weighted by molar-refractivity contribution is 6.32. The first-order chi connectivity index (χ1) is 11.8.